The highest BCUT2D eigenvalue weighted by Crippen LogP contribution is 2.26. The number of hydrogen-bond donors (Lipinski definition) is 2. The minimum Gasteiger partial charge on any atom is -0.393 e. The van der Waals surface area contributed by atoms with Crippen LogP contribution < -0.4 is 0 Å². The number of aromatic nitrogens is 2. The van der Waals surface area contributed by atoms with Crippen molar-refractivity contribution in [2.45, 2.75) is 38.5 Å². The molecule has 0 saturated carbocycles. The van der Waals surface area contributed by atoms with Crippen LogP contribution in [0.2, 0.25) is 25.7 Å². The molecule has 2 aromatic rings. The number of aliphatic hydroxyl groups is 2. The Labute approximate surface area is 130 Å². The van der Waals surface area contributed by atoms with Crippen molar-refractivity contribution >= 4 is 19.0 Å². The molecule has 7 heteroatoms. The van der Waals surface area contributed by atoms with Gasteiger partial charge in [-0.25, -0.2) is 9.07 Å². The molecular formula is C15H23FN2O3Si. The molecule has 0 aliphatic carbocycles. The third kappa shape index (κ3) is 3.92. The quantitative estimate of drug-likeness (QED) is 0.606. The number of ether oxygens (including phenoxy) is 1. The van der Waals surface area contributed by atoms with Gasteiger partial charge in [0.15, 0.2) is 0 Å². The summed E-state index contributed by atoms with van der Waals surface area (Å²) in [5.41, 5.74) is 0.755. The predicted molar refractivity (Wildman–Crippen MR) is 85.8 cm³/mol. The third-order valence-electron chi connectivity index (χ3n) is 3.53. The van der Waals surface area contributed by atoms with Crippen molar-refractivity contribution in [2.24, 2.45) is 0 Å². The number of halogens is 1. The fourth-order valence-electron chi connectivity index (χ4n) is 2.20. The topological polar surface area (TPSA) is 67.5 Å². The molecule has 1 atom stereocenters. The van der Waals surface area contributed by atoms with Gasteiger partial charge in [0.25, 0.3) is 0 Å². The van der Waals surface area contributed by atoms with E-state index in [2.05, 4.69) is 24.7 Å². The van der Waals surface area contributed by atoms with Crippen LogP contribution in [0, 0.1) is 5.82 Å². The van der Waals surface area contributed by atoms with Gasteiger partial charge >= 0.3 is 0 Å². The van der Waals surface area contributed by atoms with E-state index >= 15 is 0 Å². The van der Waals surface area contributed by atoms with Gasteiger partial charge in [0.1, 0.15) is 24.2 Å². The summed E-state index contributed by atoms with van der Waals surface area (Å²) in [6.07, 6.45) is 0.447. The van der Waals surface area contributed by atoms with Gasteiger partial charge < -0.3 is 14.9 Å². The monoisotopic (exact) mass is 326 g/mol. The minimum atomic E-state index is -1.16. The molecule has 2 rings (SSSR count). The first kappa shape index (κ1) is 17.1. The maximum atomic E-state index is 14.1. The average molecular weight is 326 g/mol. The molecule has 5 nitrogen and oxygen atoms in total. The standard InChI is InChI=1S/C15H23FN2O3Si/c1-22(2,3)7-6-21-10-18-15-12(8-17-18)11(14(20)9-19)4-5-13(15)16/h4-5,8,14,19-20H,6-7,9-10H2,1-3H3/t14-/m0/s1. The van der Waals surface area contributed by atoms with E-state index in [-0.39, 0.29) is 12.2 Å². The van der Waals surface area contributed by atoms with Crippen molar-refractivity contribution in [1.82, 2.24) is 9.78 Å². The second kappa shape index (κ2) is 6.87. The summed E-state index contributed by atoms with van der Waals surface area (Å²) in [6, 6.07) is 3.77. The summed E-state index contributed by atoms with van der Waals surface area (Å²) in [7, 11) is -1.16. The Kier molecular flexibility index (Phi) is 5.33. The smallest absolute Gasteiger partial charge is 0.149 e. The van der Waals surface area contributed by atoms with Crippen LogP contribution >= 0.6 is 0 Å². The van der Waals surface area contributed by atoms with Crippen LogP contribution in [0.25, 0.3) is 10.9 Å². The number of fused-ring (bicyclic) bond motifs is 1. The molecule has 2 N–H and O–H groups in total. The largest absolute Gasteiger partial charge is 0.393 e. The van der Waals surface area contributed by atoms with Gasteiger partial charge in [0.05, 0.1) is 12.8 Å². The number of aliphatic hydroxyl groups excluding tert-OH is 2. The lowest BCUT2D eigenvalue weighted by atomic mass is 10.1. The SMILES string of the molecule is C[Si](C)(C)CCOCn1ncc2c([C@@H](O)CO)ccc(F)c21. The molecule has 0 unspecified atom stereocenters. The van der Waals surface area contributed by atoms with Gasteiger partial charge in [-0.05, 0) is 17.7 Å². The fraction of sp³-hybridized carbons (Fsp3) is 0.533. The number of hydrogen-bond acceptors (Lipinski definition) is 4. The van der Waals surface area contributed by atoms with E-state index < -0.39 is 26.6 Å². The van der Waals surface area contributed by atoms with Crippen LogP contribution in [0.1, 0.15) is 11.7 Å². The van der Waals surface area contributed by atoms with E-state index in [0.717, 1.165) is 6.04 Å². The fourth-order valence-corrected chi connectivity index (χ4v) is 2.95. The van der Waals surface area contributed by atoms with E-state index in [1.807, 2.05) is 0 Å². The summed E-state index contributed by atoms with van der Waals surface area (Å²) in [4.78, 5) is 0. The highest BCUT2D eigenvalue weighted by molar-refractivity contribution is 6.76. The van der Waals surface area contributed by atoms with E-state index in [1.165, 1.54) is 23.0 Å². The molecule has 1 aromatic heterocycles. The second-order valence-corrected chi connectivity index (χ2v) is 12.2. The van der Waals surface area contributed by atoms with Crippen molar-refractivity contribution in [2.75, 3.05) is 13.2 Å². The lowest BCUT2D eigenvalue weighted by Gasteiger charge is -2.15. The van der Waals surface area contributed by atoms with Crippen LogP contribution in [0.3, 0.4) is 0 Å². The highest BCUT2D eigenvalue weighted by atomic mass is 28.3. The number of rotatable bonds is 7. The Morgan fingerprint density at radius 2 is 2.09 bits per heavy atom. The van der Waals surface area contributed by atoms with Crippen molar-refractivity contribution in [3.05, 3.63) is 29.7 Å². The van der Waals surface area contributed by atoms with Crippen LogP contribution in [-0.4, -0.2) is 41.3 Å². The van der Waals surface area contributed by atoms with Crippen LogP contribution in [0.4, 0.5) is 4.39 Å². The first-order valence-corrected chi connectivity index (χ1v) is 11.0. The molecule has 0 fully saturated rings. The lowest BCUT2D eigenvalue weighted by molar-refractivity contribution is 0.0812. The van der Waals surface area contributed by atoms with Crippen LogP contribution in [0.15, 0.2) is 18.3 Å². The summed E-state index contributed by atoms with van der Waals surface area (Å²) in [5.74, 6) is -0.421. The summed E-state index contributed by atoms with van der Waals surface area (Å²) < 4.78 is 21.1. The van der Waals surface area contributed by atoms with Gasteiger partial charge in [-0.2, -0.15) is 5.10 Å². The highest BCUT2D eigenvalue weighted by Gasteiger charge is 2.17. The molecule has 122 valence electrons. The Balaban J connectivity index is 2.18. The molecule has 0 aliphatic rings. The number of benzene rings is 1. The van der Waals surface area contributed by atoms with E-state index in [1.54, 1.807) is 0 Å². The molecule has 0 aliphatic heterocycles. The Hall–Kier alpha value is -1.28. The summed E-state index contributed by atoms with van der Waals surface area (Å²) >= 11 is 0. The Morgan fingerprint density at radius 3 is 2.73 bits per heavy atom. The molecule has 0 amide bonds. The zero-order valence-corrected chi connectivity index (χ0v) is 14.2. The Bertz CT molecular complexity index is 639. The van der Waals surface area contributed by atoms with Crippen molar-refractivity contribution in [3.8, 4) is 0 Å². The Morgan fingerprint density at radius 1 is 1.36 bits per heavy atom. The third-order valence-corrected chi connectivity index (χ3v) is 5.23. The predicted octanol–water partition coefficient (Wildman–Crippen LogP) is 2.51. The molecule has 1 aromatic carbocycles. The second-order valence-electron chi connectivity index (χ2n) is 6.59. The number of nitrogens with zero attached hydrogens (tertiary/aromatic N) is 2. The maximum absolute atomic E-state index is 14.1. The molecule has 0 bridgehead atoms. The van der Waals surface area contributed by atoms with Crippen molar-refractivity contribution in [3.63, 3.8) is 0 Å². The normalized spacial score (nSPS) is 13.7. The van der Waals surface area contributed by atoms with Crippen LogP contribution in [-0.2, 0) is 11.5 Å². The lowest BCUT2D eigenvalue weighted by Crippen LogP contribution is -2.22. The van der Waals surface area contributed by atoms with Gasteiger partial charge in [-0.3, -0.25) is 0 Å². The average Bonchev–Trinajstić information content (AvgIpc) is 2.87. The van der Waals surface area contributed by atoms with Crippen molar-refractivity contribution in [1.29, 1.82) is 0 Å². The molecular weight excluding hydrogens is 303 g/mol. The molecule has 0 spiro atoms. The van der Waals surface area contributed by atoms with Gasteiger partial charge in [0, 0.05) is 20.1 Å². The first-order chi connectivity index (χ1) is 10.3. The minimum absolute atomic E-state index is 0.170. The van der Waals surface area contributed by atoms with Gasteiger partial charge in [-0.15, -0.1) is 0 Å². The van der Waals surface area contributed by atoms with Gasteiger partial charge in [0.2, 0.25) is 0 Å². The van der Waals surface area contributed by atoms with Crippen LogP contribution in [0.5, 0.6) is 0 Å². The maximum Gasteiger partial charge on any atom is 0.149 e. The van der Waals surface area contributed by atoms with Crippen molar-refractivity contribution < 1.29 is 19.3 Å². The van der Waals surface area contributed by atoms with Gasteiger partial charge in [-0.1, -0.05) is 25.7 Å². The summed E-state index contributed by atoms with van der Waals surface area (Å²) in [6.45, 7) is 7.17. The van der Waals surface area contributed by atoms with E-state index in [4.69, 9.17) is 9.84 Å². The summed E-state index contributed by atoms with van der Waals surface area (Å²) in [5, 5.41) is 23.5. The first-order valence-electron chi connectivity index (χ1n) is 7.34. The molecule has 1 heterocycles. The molecule has 22 heavy (non-hydrogen) atoms. The zero-order chi connectivity index (χ0) is 16.3. The molecule has 0 radical (unpaired) electrons. The molecule has 0 saturated heterocycles. The zero-order valence-electron chi connectivity index (χ0n) is 13.2. The van der Waals surface area contributed by atoms with E-state index in [9.17, 15) is 9.50 Å². The van der Waals surface area contributed by atoms with E-state index in [0.29, 0.717) is 17.6 Å².